The van der Waals surface area contributed by atoms with Crippen LogP contribution in [0.3, 0.4) is 0 Å². The summed E-state index contributed by atoms with van der Waals surface area (Å²) in [5.74, 6) is -2.57. The molecule has 0 bridgehead atoms. The molecule has 0 fully saturated rings. The molecule has 2 rings (SSSR count). The van der Waals surface area contributed by atoms with Crippen LogP contribution in [-0.2, 0) is 10.0 Å². The summed E-state index contributed by atoms with van der Waals surface area (Å²) in [5.41, 5.74) is 5.11. The molecule has 1 aromatic heterocycles. The smallest absolute Gasteiger partial charge is 0.337 e. The van der Waals surface area contributed by atoms with Crippen LogP contribution < -0.4 is 10.5 Å². The van der Waals surface area contributed by atoms with Crippen LogP contribution in [0.2, 0.25) is 0 Å². The van der Waals surface area contributed by atoms with E-state index in [0.29, 0.717) is 0 Å². The van der Waals surface area contributed by atoms with Gasteiger partial charge in [-0.2, -0.15) is 4.39 Å². The summed E-state index contributed by atoms with van der Waals surface area (Å²) in [4.78, 5) is 13.9. The maximum atomic E-state index is 13.0. The first-order chi connectivity index (χ1) is 9.79. The van der Waals surface area contributed by atoms with Gasteiger partial charge in [0.25, 0.3) is 10.0 Å². The number of carbonyl (C=O) groups is 1. The Bertz CT molecular complexity index is 808. The number of benzene rings is 1. The number of hydrogen-bond acceptors (Lipinski definition) is 5. The molecule has 0 saturated carbocycles. The maximum Gasteiger partial charge on any atom is 0.337 e. The van der Waals surface area contributed by atoms with Crippen molar-refractivity contribution in [3.63, 3.8) is 0 Å². The van der Waals surface area contributed by atoms with Gasteiger partial charge < -0.3 is 10.8 Å². The molecule has 0 radical (unpaired) electrons. The van der Waals surface area contributed by atoms with Crippen molar-refractivity contribution in [3.8, 4) is 0 Å². The standard InChI is InChI=1S/C12H10FN3O4S/c13-10-2-1-3-11(15-10)16-21(19,20)9-6-7(14)4-5-8(9)12(17)18/h1-6H,14H2,(H,15,16)(H,17,18). The zero-order valence-corrected chi connectivity index (χ0v) is 11.3. The Morgan fingerprint density at radius 2 is 2.00 bits per heavy atom. The number of aromatic carboxylic acids is 1. The topological polar surface area (TPSA) is 122 Å². The van der Waals surface area contributed by atoms with E-state index < -0.39 is 32.4 Å². The number of hydrogen-bond donors (Lipinski definition) is 3. The first-order valence-corrected chi connectivity index (χ1v) is 7.06. The van der Waals surface area contributed by atoms with Crippen molar-refractivity contribution in [2.45, 2.75) is 4.90 Å². The molecule has 4 N–H and O–H groups in total. The van der Waals surface area contributed by atoms with Gasteiger partial charge in [-0.25, -0.2) is 18.2 Å². The largest absolute Gasteiger partial charge is 0.478 e. The molecule has 110 valence electrons. The number of nitrogens with one attached hydrogen (secondary N) is 1. The summed E-state index contributed by atoms with van der Waals surface area (Å²) < 4.78 is 39.4. The number of halogens is 1. The van der Waals surface area contributed by atoms with Crippen molar-refractivity contribution in [2.75, 3.05) is 10.5 Å². The zero-order valence-electron chi connectivity index (χ0n) is 10.4. The van der Waals surface area contributed by atoms with Gasteiger partial charge >= 0.3 is 5.97 Å². The summed E-state index contributed by atoms with van der Waals surface area (Å²) in [5, 5.41) is 9.02. The molecule has 0 spiro atoms. The lowest BCUT2D eigenvalue weighted by Crippen LogP contribution is -2.18. The highest BCUT2D eigenvalue weighted by molar-refractivity contribution is 7.92. The molecule has 1 heterocycles. The number of pyridine rings is 1. The van der Waals surface area contributed by atoms with E-state index in [2.05, 4.69) is 4.98 Å². The Morgan fingerprint density at radius 3 is 2.62 bits per heavy atom. The highest BCUT2D eigenvalue weighted by Gasteiger charge is 2.23. The molecular weight excluding hydrogens is 301 g/mol. The summed E-state index contributed by atoms with van der Waals surface area (Å²) >= 11 is 0. The second kappa shape index (κ2) is 5.37. The number of nitrogens with zero attached hydrogens (tertiary/aromatic N) is 1. The molecule has 0 atom stereocenters. The Hall–Kier alpha value is -2.68. The van der Waals surface area contributed by atoms with Crippen LogP contribution in [0.5, 0.6) is 0 Å². The molecule has 1 aromatic carbocycles. The molecule has 0 amide bonds. The van der Waals surface area contributed by atoms with Gasteiger partial charge in [0, 0.05) is 5.69 Å². The minimum atomic E-state index is -4.27. The van der Waals surface area contributed by atoms with Gasteiger partial charge in [-0.3, -0.25) is 4.72 Å². The average molecular weight is 311 g/mol. The number of sulfonamides is 1. The zero-order chi connectivity index (χ0) is 15.6. The fourth-order valence-electron chi connectivity index (χ4n) is 1.60. The number of carboxylic acids is 1. The molecule has 21 heavy (non-hydrogen) atoms. The predicted molar refractivity (Wildman–Crippen MR) is 72.8 cm³/mol. The van der Waals surface area contributed by atoms with Gasteiger partial charge in [-0.15, -0.1) is 0 Å². The van der Waals surface area contributed by atoms with Crippen LogP contribution in [-0.4, -0.2) is 24.5 Å². The number of nitrogen functional groups attached to an aromatic ring is 1. The lowest BCUT2D eigenvalue weighted by Gasteiger charge is -2.10. The van der Waals surface area contributed by atoms with Gasteiger partial charge in [0.15, 0.2) is 0 Å². The van der Waals surface area contributed by atoms with Crippen molar-refractivity contribution < 1.29 is 22.7 Å². The summed E-state index contributed by atoms with van der Waals surface area (Å²) in [6, 6.07) is 6.88. The predicted octanol–water partition coefficient (Wildman–Crippen LogP) is 1.30. The number of carboxylic acid groups (broad SMARTS) is 1. The number of anilines is 2. The van der Waals surface area contributed by atoms with E-state index in [1.54, 1.807) is 0 Å². The summed E-state index contributed by atoms with van der Waals surface area (Å²) in [7, 11) is -4.27. The monoisotopic (exact) mass is 311 g/mol. The van der Waals surface area contributed by atoms with Gasteiger partial charge in [-0.05, 0) is 30.3 Å². The molecule has 7 nitrogen and oxygen atoms in total. The minimum Gasteiger partial charge on any atom is -0.478 e. The molecule has 2 aromatic rings. The SMILES string of the molecule is Nc1ccc(C(=O)O)c(S(=O)(=O)Nc2cccc(F)n2)c1. The second-order valence-electron chi connectivity index (χ2n) is 4.01. The molecular formula is C12H10FN3O4S. The van der Waals surface area contributed by atoms with Crippen molar-refractivity contribution in [2.24, 2.45) is 0 Å². The quantitative estimate of drug-likeness (QED) is 0.578. The van der Waals surface area contributed by atoms with Crippen LogP contribution in [0.1, 0.15) is 10.4 Å². The fraction of sp³-hybridized carbons (Fsp3) is 0. The Labute approximate surface area is 119 Å². The second-order valence-corrected chi connectivity index (χ2v) is 5.66. The minimum absolute atomic E-state index is 0.0765. The van der Waals surface area contributed by atoms with Gasteiger partial charge in [0.1, 0.15) is 10.7 Å². The lowest BCUT2D eigenvalue weighted by atomic mass is 10.2. The first kappa shape index (κ1) is 14.7. The molecule has 0 aliphatic carbocycles. The Kier molecular flexibility index (Phi) is 3.76. The van der Waals surface area contributed by atoms with Gasteiger partial charge in [-0.1, -0.05) is 6.07 Å². The van der Waals surface area contributed by atoms with Crippen LogP contribution in [0.4, 0.5) is 15.9 Å². The molecule has 0 unspecified atom stereocenters. The number of aromatic nitrogens is 1. The van der Waals surface area contributed by atoms with Crippen LogP contribution >= 0.6 is 0 Å². The van der Waals surface area contributed by atoms with E-state index in [0.717, 1.165) is 18.2 Å². The summed E-state index contributed by atoms with van der Waals surface area (Å²) in [6.45, 7) is 0. The van der Waals surface area contributed by atoms with E-state index >= 15 is 0 Å². The average Bonchev–Trinajstić information content (AvgIpc) is 2.37. The van der Waals surface area contributed by atoms with Gasteiger partial charge in [0.2, 0.25) is 5.95 Å². The third kappa shape index (κ3) is 3.26. The van der Waals surface area contributed by atoms with Crippen molar-refractivity contribution in [1.82, 2.24) is 4.98 Å². The first-order valence-electron chi connectivity index (χ1n) is 5.58. The third-order valence-corrected chi connectivity index (χ3v) is 3.87. The number of nitrogens with two attached hydrogens (primary N) is 1. The Morgan fingerprint density at radius 1 is 1.29 bits per heavy atom. The Balaban J connectivity index is 2.49. The van der Waals surface area contributed by atoms with E-state index in [-0.39, 0.29) is 11.5 Å². The molecule has 9 heteroatoms. The lowest BCUT2D eigenvalue weighted by molar-refractivity contribution is 0.0692. The van der Waals surface area contributed by atoms with Crippen LogP contribution in [0, 0.1) is 5.95 Å². The molecule has 0 aliphatic heterocycles. The molecule has 0 aliphatic rings. The van der Waals surface area contributed by atoms with Gasteiger partial charge in [0.05, 0.1) is 5.56 Å². The molecule has 0 saturated heterocycles. The highest BCUT2D eigenvalue weighted by atomic mass is 32.2. The van der Waals surface area contributed by atoms with Crippen LogP contribution in [0.25, 0.3) is 0 Å². The van der Waals surface area contributed by atoms with E-state index in [1.165, 1.54) is 18.2 Å². The summed E-state index contributed by atoms with van der Waals surface area (Å²) in [6.07, 6.45) is 0. The van der Waals surface area contributed by atoms with E-state index in [4.69, 9.17) is 10.8 Å². The van der Waals surface area contributed by atoms with Crippen molar-refractivity contribution >= 4 is 27.5 Å². The fourth-order valence-corrected chi connectivity index (χ4v) is 2.83. The van der Waals surface area contributed by atoms with Crippen molar-refractivity contribution in [1.29, 1.82) is 0 Å². The normalized spacial score (nSPS) is 11.1. The van der Waals surface area contributed by atoms with Crippen molar-refractivity contribution in [3.05, 3.63) is 47.9 Å². The highest BCUT2D eigenvalue weighted by Crippen LogP contribution is 2.21. The van der Waals surface area contributed by atoms with Crippen LogP contribution in [0.15, 0.2) is 41.3 Å². The van der Waals surface area contributed by atoms with E-state index in [1.807, 2.05) is 4.72 Å². The maximum absolute atomic E-state index is 13.0. The van der Waals surface area contributed by atoms with E-state index in [9.17, 15) is 17.6 Å². The third-order valence-electron chi connectivity index (χ3n) is 2.48. The number of rotatable bonds is 4.